The fourth-order valence-corrected chi connectivity index (χ4v) is 2.18. The van der Waals surface area contributed by atoms with Gasteiger partial charge in [0.15, 0.2) is 0 Å². The van der Waals surface area contributed by atoms with E-state index in [-0.39, 0.29) is 0 Å². The minimum absolute atomic E-state index is 0.295. The van der Waals surface area contributed by atoms with Crippen LogP contribution < -0.4 is 0 Å². The number of ether oxygens (including phenoxy) is 1. The van der Waals surface area contributed by atoms with E-state index in [1.807, 2.05) is 48.5 Å². The molecule has 1 N–H and O–H groups in total. The summed E-state index contributed by atoms with van der Waals surface area (Å²) >= 11 is 0. The zero-order chi connectivity index (χ0) is 14.4. The first kappa shape index (κ1) is 14.3. The fourth-order valence-electron chi connectivity index (χ4n) is 2.18. The summed E-state index contributed by atoms with van der Waals surface area (Å²) in [6.45, 7) is 2.05. The van der Waals surface area contributed by atoms with E-state index in [9.17, 15) is 9.90 Å². The molecular formula is C17H18O3. The van der Waals surface area contributed by atoms with Crippen molar-refractivity contribution in [3.63, 3.8) is 0 Å². The van der Waals surface area contributed by atoms with Crippen molar-refractivity contribution in [2.24, 2.45) is 0 Å². The highest BCUT2D eigenvalue weighted by Crippen LogP contribution is 2.31. The highest BCUT2D eigenvalue weighted by atomic mass is 16.5. The molecule has 0 heterocycles. The van der Waals surface area contributed by atoms with Gasteiger partial charge in [-0.2, -0.15) is 0 Å². The monoisotopic (exact) mass is 270 g/mol. The Morgan fingerprint density at radius 3 is 2.00 bits per heavy atom. The second kappa shape index (κ2) is 6.87. The lowest BCUT2D eigenvalue weighted by molar-refractivity contribution is -0.148. The number of aliphatic hydroxyl groups excluding tert-OH is 1. The molecule has 0 aliphatic carbocycles. The van der Waals surface area contributed by atoms with Crippen LogP contribution in [0.15, 0.2) is 60.7 Å². The minimum atomic E-state index is -0.919. The number of hydrogen-bond donors (Lipinski definition) is 1. The van der Waals surface area contributed by atoms with Gasteiger partial charge in [0.2, 0.25) is 0 Å². The number of aliphatic hydroxyl groups is 1. The van der Waals surface area contributed by atoms with Gasteiger partial charge in [0.05, 0.1) is 12.7 Å². The van der Waals surface area contributed by atoms with E-state index in [4.69, 9.17) is 4.74 Å². The number of esters is 1. The number of hydrogen-bond acceptors (Lipinski definition) is 3. The van der Waals surface area contributed by atoms with Gasteiger partial charge < -0.3 is 9.84 Å². The summed E-state index contributed by atoms with van der Waals surface area (Å²) in [4.78, 5) is 12.2. The van der Waals surface area contributed by atoms with Crippen molar-refractivity contribution >= 4 is 5.97 Å². The van der Waals surface area contributed by atoms with E-state index in [2.05, 4.69) is 0 Å². The van der Waals surface area contributed by atoms with Gasteiger partial charge in [0.1, 0.15) is 5.92 Å². The summed E-state index contributed by atoms with van der Waals surface area (Å²) in [7, 11) is 0. The molecule has 0 radical (unpaired) electrons. The van der Waals surface area contributed by atoms with Gasteiger partial charge in [-0.3, -0.25) is 4.79 Å². The molecule has 0 fully saturated rings. The molecule has 2 aromatic rings. The maximum Gasteiger partial charge on any atom is 0.316 e. The average Bonchev–Trinajstić information content (AvgIpc) is 2.50. The Morgan fingerprint density at radius 1 is 1.00 bits per heavy atom. The summed E-state index contributed by atoms with van der Waals surface area (Å²) < 4.78 is 5.10. The largest absolute Gasteiger partial charge is 0.465 e. The third-order valence-corrected chi connectivity index (χ3v) is 3.16. The van der Waals surface area contributed by atoms with Gasteiger partial charge in [0, 0.05) is 0 Å². The minimum Gasteiger partial charge on any atom is -0.465 e. The van der Waals surface area contributed by atoms with E-state index < -0.39 is 18.0 Å². The summed E-state index contributed by atoms with van der Waals surface area (Å²) in [6.07, 6.45) is -0.919. The summed E-state index contributed by atoms with van der Waals surface area (Å²) in [5.74, 6) is -1.12. The van der Waals surface area contributed by atoms with E-state index in [0.29, 0.717) is 12.2 Å². The van der Waals surface area contributed by atoms with Crippen molar-refractivity contribution in [1.82, 2.24) is 0 Å². The molecule has 3 heteroatoms. The van der Waals surface area contributed by atoms with Gasteiger partial charge in [-0.25, -0.2) is 0 Å². The first-order chi connectivity index (χ1) is 9.74. The standard InChI is InChI=1S/C17H18O3/c1-2-20-17(19)15(13-9-5-3-6-10-13)16(18)14-11-7-4-8-12-14/h3-12,15-16,18H,2H2,1H3/t15-,16+/m0/s1. The molecule has 20 heavy (non-hydrogen) atoms. The zero-order valence-corrected chi connectivity index (χ0v) is 11.4. The Kier molecular flexibility index (Phi) is 4.91. The van der Waals surface area contributed by atoms with Crippen molar-refractivity contribution in [3.05, 3.63) is 71.8 Å². The highest BCUT2D eigenvalue weighted by molar-refractivity contribution is 5.79. The van der Waals surface area contributed by atoms with Crippen LogP contribution in [-0.2, 0) is 9.53 Å². The van der Waals surface area contributed by atoms with Crippen LogP contribution in [0.1, 0.15) is 30.1 Å². The summed E-state index contributed by atoms with van der Waals surface area (Å²) in [5, 5.41) is 10.5. The molecule has 0 bridgehead atoms. The van der Waals surface area contributed by atoms with Crippen LogP contribution in [0.25, 0.3) is 0 Å². The Labute approximate surface area is 118 Å². The lowest BCUT2D eigenvalue weighted by atomic mass is 9.89. The number of rotatable bonds is 5. The van der Waals surface area contributed by atoms with Crippen LogP contribution in [0.2, 0.25) is 0 Å². The Hall–Kier alpha value is -2.13. The van der Waals surface area contributed by atoms with E-state index in [1.54, 1.807) is 19.1 Å². The van der Waals surface area contributed by atoms with E-state index in [0.717, 1.165) is 5.56 Å². The molecule has 0 aliphatic heterocycles. The second-order valence-electron chi connectivity index (χ2n) is 4.50. The second-order valence-corrected chi connectivity index (χ2v) is 4.50. The van der Waals surface area contributed by atoms with Crippen LogP contribution in [0.5, 0.6) is 0 Å². The number of carbonyl (C=O) groups excluding carboxylic acids is 1. The van der Waals surface area contributed by atoms with Crippen LogP contribution in [0.3, 0.4) is 0 Å². The fraction of sp³-hybridized carbons (Fsp3) is 0.235. The molecule has 0 saturated carbocycles. The van der Waals surface area contributed by atoms with Gasteiger partial charge in [-0.05, 0) is 18.1 Å². The third kappa shape index (κ3) is 3.25. The highest BCUT2D eigenvalue weighted by Gasteiger charge is 2.30. The first-order valence-corrected chi connectivity index (χ1v) is 6.68. The summed E-state index contributed by atoms with van der Waals surface area (Å²) in [5.41, 5.74) is 1.46. The maximum absolute atomic E-state index is 12.2. The van der Waals surface area contributed by atoms with Gasteiger partial charge in [-0.1, -0.05) is 60.7 Å². The molecular weight excluding hydrogens is 252 g/mol. The molecule has 0 aliphatic rings. The zero-order valence-electron chi connectivity index (χ0n) is 11.4. The lowest BCUT2D eigenvalue weighted by Crippen LogP contribution is -2.22. The van der Waals surface area contributed by atoms with Gasteiger partial charge in [-0.15, -0.1) is 0 Å². The molecule has 3 nitrogen and oxygen atoms in total. The normalized spacial score (nSPS) is 13.5. The van der Waals surface area contributed by atoms with E-state index in [1.165, 1.54) is 0 Å². The predicted molar refractivity (Wildman–Crippen MR) is 77.2 cm³/mol. The molecule has 104 valence electrons. The lowest BCUT2D eigenvalue weighted by Gasteiger charge is -2.22. The Bertz CT molecular complexity index is 537. The van der Waals surface area contributed by atoms with Crippen LogP contribution in [0.4, 0.5) is 0 Å². The van der Waals surface area contributed by atoms with Gasteiger partial charge >= 0.3 is 5.97 Å². The SMILES string of the molecule is CCOC(=O)[C@@H](c1ccccc1)[C@H](O)c1ccccc1. The molecule has 2 atom stereocenters. The Balaban J connectivity index is 2.34. The molecule has 0 aromatic heterocycles. The average molecular weight is 270 g/mol. The van der Waals surface area contributed by atoms with Crippen molar-refractivity contribution in [2.75, 3.05) is 6.61 Å². The topological polar surface area (TPSA) is 46.5 Å². The number of carbonyl (C=O) groups is 1. The molecule has 0 unspecified atom stereocenters. The van der Waals surface area contributed by atoms with Crippen molar-refractivity contribution < 1.29 is 14.6 Å². The third-order valence-electron chi connectivity index (χ3n) is 3.16. The predicted octanol–water partition coefficient (Wildman–Crippen LogP) is 3.07. The smallest absolute Gasteiger partial charge is 0.316 e. The van der Waals surface area contributed by atoms with Crippen molar-refractivity contribution in [2.45, 2.75) is 18.9 Å². The van der Waals surface area contributed by atoms with Crippen molar-refractivity contribution in [3.8, 4) is 0 Å². The molecule has 2 rings (SSSR count). The Morgan fingerprint density at radius 2 is 1.50 bits per heavy atom. The van der Waals surface area contributed by atoms with Crippen LogP contribution in [-0.4, -0.2) is 17.7 Å². The first-order valence-electron chi connectivity index (χ1n) is 6.68. The van der Waals surface area contributed by atoms with Crippen molar-refractivity contribution in [1.29, 1.82) is 0 Å². The molecule has 2 aromatic carbocycles. The summed E-state index contributed by atoms with van der Waals surface area (Å²) in [6, 6.07) is 18.4. The van der Waals surface area contributed by atoms with E-state index >= 15 is 0 Å². The quantitative estimate of drug-likeness (QED) is 0.849. The molecule has 0 spiro atoms. The van der Waals surface area contributed by atoms with Crippen LogP contribution in [0, 0.1) is 0 Å². The molecule has 0 amide bonds. The van der Waals surface area contributed by atoms with Crippen LogP contribution >= 0.6 is 0 Å². The maximum atomic E-state index is 12.2. The van der Waals surface area contributed by atoms with Gasteiger partial charge in [0.25, 0.3) is 0 Å². The number of benzene rings is 2. The molecule has 0 saturated heterocycles.